The lowest BCUT2D eigenvalue weighted by molar-refractivity contribution is 0.0994. The standard InChI is InChI=1S/C19H17N7O2/c1-28-19-24-17(23-18(25-19)21-10-12-6-3-2-4-7-12)15-13-8-5-9-14(16(20)27)26(13)11-22-15/h2-9,11H,10H2,1H3,(H2,20,27)(H,21,23,24,25). The molecule has 4 aromatic rings. The zero-order valence-corrected chi connectivity index (χ0v) is 15.0. The van der Waals surface area contributed by atoms with Crippen LogP contribution < -0.4 is 15.8 Å². The molecular formula is C19H17N7O2. The number of rotatable bonds is 6. The summed E-state index contributed by atoms with van der Waals surface area (Å²) in [6, 6.07) is 15.2. The van der Waals surface area contributed by atoms with Gasteiger partial charge in [0.25, 0.3) is 5.91 Å². The van der Waals surface area contributed by atoms with E-state index in [2.05, 4.69) is 25.3 Å². The Bertz CT molecular complexity index is 1140. The zero-order chi connectivity index (χ0) is 19.5. The van der Waals surface area contributed by atoms with Gasteiger partial charge in [0.1, 0.15) is 17.7 Å². The van der Waals surface area contributed by atoms with E-state index in [1.165, 1.54) is 13.4 Å². The topological polar surface area (TPSA) is 120 Å². The van der Waals surface area contributed by atoms with Crippen LogP contribution in [0.2, 0.25) is 0 Å². The second-order valence-electron chi connectivity index (χ2n) is 5.93. The van der Waals surface area contributed by atoms with Crippen LogP contribution in [0.25, 0.3) is 17.0 Å². The molecule has 28 heavy (non-hydrogen) atoms. The number of methoxy groups -OCH3 is 1. The second kappa shape index (κ2) is 7.31. The van der Waals surface area contributed by atoms with Gasteiger partial charge in [0.15, 0.2) is 5.82 Å². The highest BCUT2D eigenvalue weighted by atomic mass is 16.5. The minimum atomic E-state index is -0.548. The number of pyridine rings is 1. The fourth-order valence-corrected chi connectivity index (χ4v) is 2.80. The number of carbonyl (C=O) groups is 1. The number of anilines is 1. The van der Waals surface area contributed by atoms with Crippen LogP contribution in [0.15, 0.2) is 54.9 Å². The van der Waals surface area contributed by atoms with E-state index in [-0.39, 0.29) is 6.01 Å². The van der Waals surface area contributed by atoms with Crippen LogP contribution in [-0.2, 0) is 6.54 Å². The van der Waals surface area contributed by atoms with E-state index in [0.717, 1.165) is 5.56 Å². The molecule has 0 unspecified atom stereocenters. The number of imidazole rings is 1. The van der Waals surface area contributed by atoms with Crippen molar-refractivity contribution in [2.45, 2.75) is 6.54 Å². The maximum atomic E-state index is 11.6. The Morgan fingerprint density at radius 1 is 1.11 bits per heavy atom. The Balaban J connectivity index is 1.73. The molecule has 0 saturated heterocycles. The van der Waals surface area contributed by atoms with Gasteiger partial charge in [-0.25, -0.2) is 4.98 Å². The fourth-order valence-electron chi connectivity index (χ4n) is 2.80. The van der Waals surface area contributed by atoms with Crippen LogP contribution in [0.1, 0.15) is 16.1 Å². The van der Waals surface area contributed by atoms with Gasteiger partial charge in [-0.2, -0.15) is 15.0 Å². The fraction of sp³-hybridized carbons (Fsp3) is 0.105. The quantitative estimate of drug-likeness (QED) is 0.528. The first-order valence-corrected chi connectivity index (χ1v) is 8.50. The first-order valence-electron chi connectivity index (χ1n) is 8.50. The van der Waals surface area contributed by atoms with Crippen molar-refractivity contribution < 1.29 is 9.53 Å². The van der Waals surface area contributed by atoms with E-state index in [4.69, 9.17) is 10.5 Å². The summed E-state index contributed by atoms with van der Waals surface area (Å²) in [5, 5.41) is 3.16. The lowest BCUT2D eigenvalue weighted by atomic mass is 10.2. The summed E-state index contributed by atoms with van der Waals surface area (Å²) in [6.07, 6.45) is 1.51. The third kappa shape index (κ3) is 3.32. The Morgan fingerprint density at radius 2 is 1.93 bits per heavy atom. The van der Waals surface area contributed by atoms with Gasteiger partial charge in [-0.15, -0.1) is 0 Å². The molecule has 0 saturated carbocycles. The number of carbonyl (C=O) groups excluding carboxylic acids is 1. The number of nitrogens with one attached hydrogen (secondary N) is 1. The summed E-state index contributed by atoms with van der Waals surface area (Å²) in [6.45, 7) is 0.545. The molecule has 0 radical (unpaired) electrons. The molecule has 1 aromatic carbocycles. The first kappa shape index (κ1) is 17.4. The van der Waals surface area contributed by atoms with Gasteiger partial charge in [-0.1, -0.05) is 36.4 Å². The van der Waals surface area contributed by atoms with Crippen molar-refractivity contribution in [2.75, 3.05) is 12.4 Å². The van der Waals surface area contributed by atoms with Crippen LogP contribution in [0.4, 0.5) is 5.95 Å². The average Bonchev–Trinajstić information content (AvgIpc) is 3.17. The Morgan fingerprint density at radius 3 is 2.68 bits per heavy atom. The summed E-state index contributed by atoms with van der Waals surface area (Å²) in [5.74, 6) is 0.137. The highest BCUT2D eigenvalue weighted by Gasteiger charge is 2.16. The molecule has 0 spiro atoms. The molecule has 0 bridgehead atoms. The second-order valence-corrected chi connectivity index (χ2v) is 5.93. The molecule has 140 valence electrons. The van der Waals surface area contributed by atoms with Crippen molar-refractivity contribution in [3.63, 3.8) is 0 Å². The van der Waals surface area contributed by atoms with Crippen LogP contribution in [-0.4, -0.2) is 37.4 Å². The maximum absolute atomic E-state index is 11.6. The predicted octanol–water partition coefficient (Wildman–Crippen LogP) is 1.91. The van der Waals surface area contributed by atoms with Crippen molar-refractivity contribution in [1.29, 1.82) is 0 Å². The SMILES string of the molecule is COc1nc(NCc2ccccc2)nc(-c2ncn3c(C(N)=O)cccc23)n1. The number of fused-ring (bicyclic) bond motifs is 1. The van der Waals surface area contributed by atoms with Crippen LogP contribution in [0, 0.1) is 0 Å². The predicted molar refractivity (Wildman–Crippen MR) is 103 cm³/mol. The zero-order valence-electron chi connectivity index (χ0n) is 15.0. The summed E-state index contributed by atoms with van der Waals surface area (Å²) in [5.41, 5.74) is 7.98. The van der Waals surface area contributed by atoms with Gasteiger partial charge >= 0.3 is 6.01 Å². The van der Waals surface area contributed by atoms with Crippen molar-refractivity contribution in [3.05, 3.63) is 66.1 Å². The first-order chi connectivity index (χ1) is 13.7. The molecule has 3 aromatic heterocycles. The molecule has 0 fully saturated rings. The third-order valence-corrected chi connectivity index (χ3v) is 4.13. The number of hydrogen-bond donors (Lipinski definition) is 2. The molecule has 0 aliphatic rings. The molecule has 0 atom stereocenters. The molecule has 1 amide bonds. The molecule has 4 rings (SSSR count). The molecule has 9 heteroatoms. The van der Waals surface area contributed by atoms with Crippen molar-refractivity contribution >= 4 is 17.4 Å². The van der Waals surface area contributed by atoms with Gasteiger partial charge in [0.2, 0.25) is 5.95 Å². The van der Waals surface area contributed by atoms with Crippen LogP contribution >= 0.6 is 0 Å². The van der Waals surface area contributed by atoms with E-state index < -0.39 is 5.91 Å². The molecule has 0 aliphatic carbocycles. The molecule has 3 N–H and O–H groups in total. The van der Waals surface area contributed by atoms with Gasteiger partial charge in [0.05, 0.1) is 12.6 Å². The summed E-state index contributed by atoms with van der Waals surface area (Å²) in [7, 11) is 1.48. The number of benzene rings is 1. The lowest BCUT2D eigenvalue weighted by Gasteiger charge is -2.08. The minimum Gasteiger partial charge on any atom is -0.467 e. The Labute approximate surface area is 160 Å². The van der Waals surface area contributed by atoms with E-state index in [1.54, 1.807) is 16.5 Å². The lowest BCUT2D eigenvalue weighted by Crippen LogP contribution is -2.14. The molecular weight excluding hydrogens is 358 g/mol. The third-order valence-electron chi connectivity index (χ3n) is 4.13. The number of hydrogen-bond acceptors (Lipinski definition) is 7. The number of nitrogens with zero attached hydrogens (tertiary/aromatic N) is 5. The molecule has 9 nitrogen and oxygen atoms in total. The van der Waals surface area contributed by atoms with Gasteiger partial charge in [-0.05, 0) is 17.7 Å². The van der Waals surface area contributed by atoms with Crippen LogP contribution in [0.5, 0.6) is 6.01 Å². The number of ether oxygens (including phenoxy) is 1. The van der Waals surface area contributed by atoms with E-state index in [9.17, 15) is 4.79 Å². The van der Waals surface area contributed by atoms with Crippen LogP contribution in [0.3, 0.4) is 0 Å². The molecule has 3 heterocycles. The Hall–Kier alpha value is -4.01. The van der Waals surface area contributed by atoms with Crippen molar-refractivity contribution in [2.24, 2.45) is 5.73 Å². The number of amides is 1. The number of nitrogens with two attached hydrogens (primary N) is 1. The number of aromatic nitrogens is 5. The van der Waals surface area contributed by atoms with Gasteiger partial charge in [-0.3, -0.25) is 9.20 Å². The summed E-state index contributed by atoms with van der Waals surface area (Å²) < 4.78 is 6.81. The van der Waals surface area contributed by atoms with E-state index >= 15 is 0 Å². The normalized spacial score (nSPS) is 10.8. The van der Waals surface area contributed by atoms with Crippen molar-refractivity contribution in [1.82, 2.24) is 24.3 Å². The van der Waals surface area contributed by atoms with Gasteiger partial charge < -0.3 is 15.8 Å². The smallest absolute Gasteiger partial charge is 0.321 e. The van der Waals surface area contributed by atoms with E-state index in [1.807, 2.05) is 36.4 Å². The Kier molecular flexibility index (Phi) is 4.55. The largest absolute Gasteiger partial charge is 0.467 e. The maximum Gasteiger partial charge on any atom is 0.321 e. The highest BCUT2D eigenvalue weighted by molar-refractivity contribution is 5.92. The van der Waals surface area contributed by atoms with Crippen molar-refractivity contribution in [3.8, 4) is 17.5 Å². The number of primary amides is 1. The minimum absolute atomic E-state index is 0.160. The summed E-state index contributed by atoms with van der Waals surface area (Å²) >= 11 is 0. The summed E-state index contributed by atoms with van der Waals surface area (Å²) in [4.78, 5) is 29.0. The monoisotopic (exact) mass is 375 g/mol. The van der Waals surface area contributed by atoms with Gasteiger partial charge in [0, 0.05) is 6.54 Å². The molecule has 0 aliphatic heterocycles. The highest BCUT2D eigenvalue weighted by Crippen LogP contribution is 2.23. The average molecular weight is 375 g/mol. The van der Waals surface area contributed by atoms with E-state index in [0.29, 0.717) is 35.2 Å².